The van der Waals surface area contributed by atoms with E-state index in [1.807, 2.05) is 7.05 Å². The molecule has 0 aliphatic carbocycles. The van der Waals surface area contributed by atoms with Crippen molar-refractivity contribution in [2.45, 2.75) is 18.6 Å². The SMILES string of the molecule is CN1CC[C@@H](F)[C@H](N)C1. The molecule has 1 fully saturated rings. The summed E-state index contributed by atoms with van der Waals surface area (Å²) in [6.45, 7) is 1.54. The van der Waals surface area contributed by atoms with Gasteiger partial charge in [-0.3, -0.25) is 0 Å². The molecule has 2 atom stereocenters. The van der Waals surface area contributed by atoms with Crippen LogP contribution < -0.4 is 5.73 Å². The molecule has 0 aromatic carbocycles. The molecule has 3 heteroatoms. The maximum Gasteiger partial charge on any atom is 0.118 e. The predicted molar refractivity (Wildman–Crippen MR) is 35.0 cm³/mol. The van der Waals surface area contributed by atoms with E-state index in [0.29, 0.717) is 13.0 Å². The summed E-state index contributed by atoms with van der Waals surface area (Å²) in [6, 6.07) is -0.260. The van der Waals surface area contributed by atoms with Gasteiger partial charge in [0.25, 0.3) is 0 Å². The quantitative estimate of drug-likeness (QED) is 0.502. The average molecular weight is 132 g/mol. The highest BCUT2D eigenvalue weighted by molar-refractivity contribution is 4.80. The van der Waals surface area contributed by atoms with Crippen molar-refractivity contribution >= 4 is 0 Å². The van der Waals surface area contributed by atoms with Gasteiger partial charge in [-0.05, 0) is 13.5 Å². The van der Waals surface area contributed by atoms with Crippen molar-refractivity contribution in [2.75, 3.05) is 20.1 Å². The Balaban J connectivity index is 2.35. The van der Waals surface area contributed by atoms with Crippen molar-refractivity contribution in [1.29, 1.82) is 0 Å². The summed E-state index contributed by atoms with van der Waals surface area (Å²) >= 11 is 0. The highest BCUT2D eigenvalue weighted by atomic mass is 19.1. The van der Waals surface area contributed by atoms with Gasteiger partial charge in [-0.25, -0.2) is 4.39 Å². The second-order valence-corrected chi connectivity index (χ2v) is 2.73. The lowest BCUT2D eigenvalue weighted by molar-refractivity contribution is 0.148. The molecule has 0 saturated carbocycles. The molecule has 1 rings (SSSR count). The fourth-order valence-corrected chi connectivity index (χ4v) is 1.12. The molecule has 0 radical (unpaired) electrons. The molecular formula is C6H13FN2. The van der Waals surface area contributed by atoms with Crippen LogP contribution in [0, 0.1) is 0 Å². The van der Waals surface area contributed by atoms with Gasteiger partial charge in [0, 0.05) is 19.1 Å². The number of nitrogens with two attached hydrogens (primary N) is 1. The normalized spacial score (nSPS) is 39.0. The zero-order valence-electron chi connectivity index (χ0n) is 5.68. The molecular weight excluding hydrogens is 119 g/mol. The molecule has 1 aliphatic rings. The van der Waals surface area contributed by atoms with E-state index in [1.165, 1.54) is 0 Å². The van der Waals surface area contributed by atoms with Gasteiger partial charge in [-0.15, -0.1) is 0 Å². The first-order chi connectivity index (χ1) is 4.20. The highest BCUT2D eigenvalue weighted by Gasteiger charge is 2.23. The van der Waals surface area contributed by atoms with E-state index in [4.69, 9.17) is 5.73 Å². The van der Waals surface area contributed by atoms with Gasteiger partial charge in [0.15, 0.2) is 0 Å². The third-order valence-electron chi connectivity index (χ3n) is 1.77. The first kappa shape index (κ1) is 6.96. The predicted octanol–water partition coefficient (Wildman–Crippen LogP) is -0.0127. The van der Waals surface area contributed by atoms with Crippen LogP contribution in [0.3, 0.4) is 0 Å². The van der Waals surface area contributed by atoms with Crippen molar-refractivity contribution in [3.05, 3.63) is 0 Å². The Morgan fingerprint density at radius 1 is 1.67 bits per heavy atom. The van der Waals surface area contributed by atoms with Crippen LogP contribution in [0.5, 0.6) is 0 Å². The second-order valence-electron chi connectivity index (χ2n) is 2.73. The molecule has 9 heavy (non-hydrogen) atoms. The van der Waals surface area contributed by atoms with Crippen LogP contribution in [0.15, 0.2) is 0 Å². The van der Waals surface area contributed by atoms with Gasteiger partial charge in [-0.2, -0.15) is 0 Å². The van der Waals surface area contributed by atoms with Crippen LogP contribution in [-0.4, -0.2) is 37.3 Å². The molecule has 0 unspecified atom stereocenters. The first-order valence-electron chi connectivity index (χ1n) is 3.28. The van der Waals surface area contributed by atoms with Crippen molar-refractivity contribution in [3.8, 4) is 0 Å². The summed E-state index contributed by atoms with van der Waals surface area (Å²) in [4.78, 5) is 2.06. The Kier molecular flexibility index (Phi) is 2.03. The number of nitrogens with zero attached hydrogens (tertiary/aromatic N) is 1. The highest BCUT2D eigenvalue weighted by Crippen LogP contribution is 2.10. The Bertz CT molecular complexity index is 97.1. The number of hydrogen-bond donors (Lipinski definition) is 1. The summed E-state index contributed by atoms with van der Waals surface area (Å²) in [7, 11) is 1.96. The molecule has 0 bridgehead atoms. The third kappa shape index (κ3) is 1.63. The van der Waals surface area contributed by atoms with Gasteiger partial charge >= 0.3 is 0 Å². The standard InChI is InChI=1S/C6H13FN2/c1-9-3-2-5(7)6(8)4-9/h5-6H,2-4,8H2,1H3/t5-,6-/m1/s1. The van der Waals surface area contributed by atoms with E-state index < -0.39 is 6.17 Å². The number of halogens is 1. The zero-order chi connectivity index (χ0) is 6.85. The molecule has 1 saturated heterocycles. The van der Waals surface area contributed by atoms with Crippen LogP contribution in [0.25, 0.3) is 0 Å². The van der Waals surface area contributed by atoms with E-state index in [1.54, 1.807) is 0 Å². The van der Waals surface area contributed by atoms with Crippen molar-refractivity contribution in [3.63, 3.8) is 0 Å². The van der Waals surface area contributed by atoms with Gasteiger partial charge in [0.2, 0.25) is 0 Å². The van der Waals surface area contributed by atoms with E-state index >= 15 is 0 Å². The third-order valence-corrected chi connectivity index (χ3v) is 1.77. The molecule has 2 nitrogen and oxygen atoms in total. The van der Waals surface area contributed by atoms with Crippen LogP contribution in [0.1, 0.15) is 6.42 Å². The molecule has 0 spiro atoms. The number of alkyl halides is 1. The number of likely N-dealkylation sites (tertiary alicyclic amines) is 1. The van der Waals surface area contributed by atoms with Gasteiger partial charge < -0.3 is 10.6 Å². The minimum absolute atomic E-state index is 0.260. The van der Waals surface area contributed by atoms with Gasteiger partial charge in [0.1, 0.15) is 6.17 Å². The minimum Gasteiger partial charge on any atom is -0.324 e. The lowest BCUT2D eigenvalue weighted by Crippen LogP contribution is -2.47. The van der Waals surface area contributed by atoms with Crippen LogP contribution in [0.2, 0.25) is 0 Å². The van der Waals surface area contributed by atoms with Crippen LogP contribution >= 0.6 is 0 Å². The fraction of sp³-hybridized carbons (Fsp3) is 1.00. The van der Waals surface area contributed by atoms with E-state index in [-0.39, 0.29) is 6.04 Å². The molecule has 1 aliphatic heterocycles. The first-order valence-corrected chi connectivity index (χ1v) is 3.28. The Morgan fingerprint density at radius 3 is 2.78 bits per heavy atom. The van der Waals surface area contributed by atoms with Crippen molar-refractivity contribution in [2.24, 2.45) is 5.73 Å². The molecule has 0 aromatic rings. The molecule has 54 valence electrons. The topological polar surface area (TPSA) is 29.3 Å². The summed E-state index contributed by atoms with van der Waals surface area (Å²) in [5, 5.41) is 0. The Labute approximate surface area is 54.8 Å². The number of likely N-dealkylation sites (N-methyl/N-ethyl adjacent to an activating group) is 1. The lowest BCUT2D eigenvalue weighted by Gasteiger charge is -2.29. The molecule has 0 aromatic heterocycles. The van der Waals surface area contributed by atoms with Crippen LogP contribution in [-0.2, 0) is 0 Å². The van der Waals surface area contributed by atoms with Gasteiger partial charge in [0.05, 0.1) is 0 Å². The average Bonchev–Trinajstić information content (AvgIpc) is 1.80. The lowest BCUT2D eigenvalue weighted by atomic mass is 10.1. The maximum absolute atomic E-state index is 12.6. The number of rotatable bonds is 0. The summed E-state index contributed by atoms with van der Waals surface area (Å²) in [5.41, 5.74) is 5.45. The summed E-state index contributed by atoms with van der Waals surface area (Å²) in [5.74, 6) is 0. The van der Waals surface area contributed by atoms with E-state index in [2.05, 4.69) is 4.90 Å². The van der Waals surface area contributed by atoms with E-state index in [9.17, 15) is 4.39 Å². The zero-order valence-corrected chi connectivity index (χ0v) is 5.68. The molecule has 2 N–H and O–H groups in total. The Hall–Kier alpha value is -0.150. The minimum atomic E-state index is -0.777. The van der Waals surface area contributed by atoms with Crippen molar-refractivity contribution < 1.29 is 4.39 Å². The summed E-state index contributed by atoms with van der Waals surface area (Å²) in [6.07, 6.45) is -0.182. The maximum atomic E-state index is 12.6. The largest absolute Gasteiger partial charge is 0.324 e. The number of piperidine rings is 1. The second kappa shape index (κ2) is 2.62. The number of hydrogen-bond acceptors (Lipinski definition) is 2. The fourth-order valence-electron chi connectivity index (χ4n) is 1.12. The molecule has 0 amide bonds. The summed E-state index contributed by atoms with van der Waals surface area (Å²) < 4.78 is 12.6. The Morgan fingerprint density at radius 2 is 2.33 bits per heavy atom. The smallest absolute Gasteiger partial charge is 0.118 e. The van der Waals surface area contributed by atoms with Crippen molar-refractivity contribution in [1.82, 2.24) is 4.90 Å². The van der Waals surface area contributed by atoms with Gasteiger partial charge in [-0.1, -0.05) is 0 Å². The monoisotopic (exact) mass is 132 g/mol. The van der Waals surface area contributed by atoms with E-state index in [0.717, 1.165) is 6.54 Å². The van der Waals surface area contributed by atoms with Crippen LogP contribution in [0.4, 0.5) is 4.39 Å². The molecule has 1 heterocycles.